The normalized spacial score (nSPS) is 21.3. The Morgan fingerprint density at radius 3 is 2.79 bits per heavy atom. The fourth-order valence-corrected chi connectivity index (χ4v) is 3.72. The van der Waals surface area contributed by atoms with Crippen LogP contribution in [0, 0.1) is 0 Å². The first-order valence-electron chi connectivity index (χ1n) is 7.83. The molecule has 1 heterocycles. The lowest BCUT2D eigenvalue weighted by Gasteiger charge is -2.23. The van der Waals surface area contributed by atoms with Crippen LogP contribution in [-0.4, -0.2) is 53.3 Å². The van der Waals surface area contributed by atoms with Gasteiger partial charge in [0.05, 0.1) is 24.3 Å². The lowest BCUT2D eigenvalue weighted by molar-refractivity contribution is -0.128. The molecule has 1 saturated heterocycles. The Bertz CT molecular complexity index is 712. The van der Waals surface area contributed by atoms with Gasteiger partial charge in [0, 0.05) is 19.1 Å². The largest absolute Gasteiger partial charge is 0.495 e. The van der Waals surface area contributed by atoms with E-state index in [4.69, 9.17) is 9.47 Å². The van der Waals surface area contributed by atoms with Gasteiger partial charge in [-0.25, -0.2) is 13.1 Å². The number of ether oxygens (including phenoxy) is 2. The van der Waals surface area contributed by atoms with Gasteiger partial charge in [0.15, 0.2) is 0 Å². The molecule has 24 heavy (non-hydrogen) atoms. The molecule has 2 aliphatic rings. The monoisotopic (exact) mass is 355 g/mol. The molecule has 1 saturated carbocycles. The van der Waals surface area contributed by atoms with Gasteiger partial charge in [0.2, 0.25) is 10.0 Å². The molecule has 1 amide bonds. The highest BCUT2D eigenvalue weighted by molar-refractivity contribution is 7.89. The van der Waals surface area contributed by atoms with Crippen molar-refractivity contribution < 1.29 is 22.7 Å². The van der Waals surface area contributed by atoms with E-state index in [0.29, 0.717) is 31.1 Å². The highest BCUT2D eigenvalue weighted by atomic mass is 32.2. The molecule has 0 bridgehead atoms. The number of amides is 1. The molecule has 1 aliphatic carbocycles. The summed E-state index contributed by atoms with van der Waals surface area (Å²) < 4.78 is 37.9. The van der Waals surface area contributed by atoms with Crippen molar-refractivity contribution in [3.05, 3.63) is 18.2 Å². The van der Waals surface area contributed by atoms with Crippen molar-refractivity contribution in [3.63, 3.8) is 0 Å². The van der Waals surface area contributed by atoms with Gasteiger partial charge >= 0.3 is 0 Å². The molecule has 9 heteroatoms. The average Bonchev–Trinajstić information content (AvgIpc) is 3.39. The van der Waals surface area contributed by atoms with Crippen LogP contribution < -0.4 is 20.1 Å². The summed E-state index contributed by atoms with van der Waals surface area (Å²) in [5, 5.41) is 5.76. The summed E-state index contributed by atoms with van der Waals surface area (Å²) in [6.45, 7) is 1.57. The van der Waals surface area contributed by atoms with Crippen molar-refractivity contribution in [1.82, 2.24) is 10.0 Å². The number of benzene rings is 1. The summed E-state index contributed by atoms with van der Waals surface area (Å²) in [6, 6.07) is 4.39. The van der Waals surface area contributed by atoms with Gasteiger partial charge in [-0.3, -0.25) is 4.79 Å². The number of sulfonamides is 1. The number of nitrogens with one attached hydrogen (secondary N) is 3. The van der Waals surface area contributed by atoms with Crippen LogP contribution in [0.2, 0.25) is 0 Å². The van der Waals surface area contributed by atoms with Crippen molar-refractivity contribution in [2.45, 2.75) is 29.9 Å². The van der Waals surface area contributed by atoms with Crippen LogP contribution in [0.25, 0.3) is 0 Å². The molecule has 0 aromatic heterocycles. The van der Waals surface area contributed by atoms with Gasteiger partial charge in [-0.05, 0) is 31.0 Å². The molecule has 132 valence electrons. The zero-order valence-corrected chi connectivity index (χ0v) is 14.2. The van der Waals surface area contributed by atoms with E-state index >= 15 is 0 Å². The highest BCUT2D eigenvalue weighted by Crippen LogP contribution is 2.29. The number of methoxy groups -OCH3 is 1. The van der Waals surface area contributed by atoms with E-state index < -0.39 is 16.1 Å². The Hall–Kier alpha value is -1.68. The summed E-state index contributed by atoms with van der Waals surface area (Å²) >= 11 is 0. The first-order valence-corrected chi connectivity index (χ1v) is 9.31. The summed E-state index contributed by atoms with van der Waals surface area (Å²) in [5.74, 6) is 0.0442. The fraction of sp³-hybridized carbons (Fsp3) is 0.533. The summed E-state index contributed by atoms with van der Waals surface area (Å²) in [6.07, 6.45) is 1.09. The van der Waals surface area contributed by atoms with Crippen molar-refractivity contribution >= 4 is 21.6 Å². The Morgan fingerprint density at radius 2 is 2.17 bits per heavy atom. The third-order valence-electron chi connectivity index (χ3n) is 3.86. The van der Waals surface area contributed by atoms with Gasteiger partial charge in [0.25, 0.3) is 5.91 Å². The van der Waals surface area contributed by atoms with Crippen molar-refractivity contribution in [2.75, 3.05) is 32.1 Å². The second kappa shape index (κ2) is 7.06. The van der Waals surface area contributed by atoms with Gasteiger partial charge < -0.3 is 20.1 Å². The molecular weight excluding hydrogens is 334 g/mol. The van der Waals surface area contributed by atoms with E-state index in [1.807, 2.05) is 0 Å². The lowest BCUT2D eigenvalue weighted by atomic mass is 10.2. The van der Waals surface area contributed by atoms with Crippen LogP contribution in [0.1, 0.15) is 12.8 Å². The van der Waals surface area contributed by atoms with Crippen molar-refractivity contribution in [3.8, 4) is 5.75 Å². The standard InChI is InChI=1S/C15H21N3O5S/c1-22-13-5-4-11(24(20,21)18-10-2-3-10)8-12(13)17-15(19)14-9-16-6-7-23-14/h4-5,8,10,14,16,18H,2-3,6-7,9H2,1H3,(H,17,19)/t14-/m1/s1. The molecule has 2 fully saturated rings. The highest BCUT2D eigenvalue weighted by Gasteiger charge is 2.29. The van der Waals surface area contributed by atoms with Crippen molar-refractivity contribution in [2.24, 2.45) is 0 Å². The average molecular weight is 355 g/mol. The minimum Gasteiger partial charge on any atom is -0.495 e. The van der Waals surface area contributed by atoms with E-state index in [9.17, 15) is 13.2 Å². The molecule has 8 nitrogen and oxygen atoms in total. The molecule has 1 aromatic rings. The molecular formula is C15H21N3O5S. The number of carbonyl (C=O) groups is 1. The van der Waals surface area contributed by atoms with E-state index in [-0.39, 0.29) is 16.8 Å². The van der Waals surface area contributed by atoms with E-state index in [0.717, 1.165) is 12.8 Å². The second-order valence-corrected chi connectivity index (χ2v) is 7.52. The lowest BCUT2D eigenvalue weighted by Crippen LogP contribution is -2.45. The predicted molar refractivity (Wildman–Crippen MR) is 87.6 cm³/mol. The molecule has 3 N–H and O–H groups in total. The first kappa shape index (κ1) is 17.2. The predicted octanol–water partition coefficient (Wildman–Crippen LogP) is 0.0628. The maximum Gasteiger partial charge on any atom is 0.254 e. The van der Waals surface area contributed by atoms with Gasteiger partial charge in [-0.2, -0.15) is 0 Å². The number of anilines is 1. The van der Waals surface area contributed by atoms with Crippen LogP contribution >= 0.6 is 0 Å². The minimum absolute atomic E-state index is 0.0110. The van der Waals surface area contributed by atoms with Crippen LogP contribution in [0.3, 0.4) is 0 Å². The second-order valence-electron chi connectivity index (χ2n) is 5.81. The SMILES string of the molecule is COc1ccc(S(=O)(=O)NC2CC2)cc1NC(=O)[C@H]1CNCCO1. The Balaban J connectivity index is 1.79. The molecule has 0 unspecified atom stereocenters. The Labute approximate surface area is 141 Å². The van der Waals surface area contributed by atoms with Crippen LogP contribution in [0.15, 0.2) is 23.1 Å². The number of carbonyl (C=O) groups excluding carboxylic acids is 1. The zero-order chi connectivity index (χ0) is 17.2. The molecule has 1 atom stereocenters. The van der Waals surface area contributed by atoms with Crippen LogP contribution in [0.5, 0.6) is 5.75 Å². The van der Waals surface area contributed by atoms with Crippen LogP contribution in [-0.2, 0) is 19.6 Å². The van der Waals surface area contributed by atoms with E-state index in [1.165, 1.54) is 25.3 Å². The first-order chi connectivity index (χ1) is 11.5. The molecule has 1 aliphatic heterocycles. The van der Waals surface area contributed by atoms with E-state index in [2.05, 4.69) is 15.4 Å². The number of morpholine rings is 1. The Kier molecular flexibility index (Phi) is 5.04. The minimum atomic E-state index is -3.61. The number of hydrogen-bond donors (Lipinski definition) is 3. The molecule has 0 spiro atoms. The summed E-state index contributed by atoms with van der Waals surface area (Å²) in [5.41, 5.74) is 0.301. The van der Waals surface area contributed by atoms with Gasteiger partial charge in [-0.1, -0.05) is 0 Å². The third kappa shape index (κ3) is 4.04. The smallest absolute Gasteiger partial charge is 0.254 e. The van der Waals surface area contributed by atoms with E-state index in [1.54, 1.807) is 0 Å². The topological polar surface area (TPSA) is 106 Å². The molecule has 1 aromatic carbocycles. The maximum atomic E-state index is 12.3. The Morgan fingerprint density at radius 1 is 1.38 bits per heavy atom. The number of hydrogen-bond acceptors (Lipinski definition) is 6. The maximum absolute atomic E-state index is 12.3. The van der Waals surface area contributed by atoms with Gasteiger partial charge in [0.1, 0.15) is 11.9 Å². The van der Waals surface area contributed by atoms with Crippen molar-refractivity contribution in [1.29, 1.82) is 0 Å². The fourth-order valence-electron chi connectivity index (χ4n) is 2.39. The summed E-state index contributed by atoms with van der Waals surface area (Å²) in [7, 11) is -2.15. The molecule has 3 rings (SSSR count). The zero-order valence-electron chi connectivity index (χ0n) is 13.4. The van der Waals surface area contributed by atoms with Crippen LogP contribution in [0.4, 0.5) is 5.69 Å². The van der Waals surface area contributed by atoms with Gasteiger partial charge in [-0.15, -0.1) is 0 Å². The molecule has 0 radical (unpaired) electrons. The summed E-state index contributed by atoms with van der Waals surface area (Å²) in [4.78, 5) is 12.4. The quantitative estimate of drug-likeness (QED) is 0.666. The third-order valence-corrected chi connectivity index (χ3v) is 5.38. The number of rotatable bonds is 6.